The van der Waals surface area contributed by atoms with Gasteiger partial charge in [-0.05, 0) is 31.0 Å². The molecule has 1 amide bonds. The van der Waals surface area contributed by atoms with E-state index < -0.39 is 17.6 Å². The zero-order chi connectivity index (χ0) is 22.6. The molecule has 3 aromatic rings. The van der Waals surface area contributed by atoms with Crippen LogP contribution in [0.2, 0.25) is 0 Å². The Morgan fingerprint density at radius 2 is 2.06 bits per heavy atom. The number of thiophene rings is 1. The lowest BCUT2D eigenvalue weighted by Gasteiger charge is -2.13. The summed E-state index contributed by atoms with van der Waals surface area (Å²) in [4.78, 5) is 13.6. The van der Waals surface area contributed by atoms with Crippen LogP contribution in [-0.2, 0) is 23.9 Å². The summed E-state index contributed by atoms with van der Waals surface area (Å²) in [5, 5.41) is 13.4. The highest BCUT2D eigenvalue weighted by Gasteiger charge is 2.33. The van der Waals surface area contributed by atoms with Gasteiger partial charge in [-0.3, -0.25) is 9.36 Å². The third kappa shape index (κ3) is 5.19. The predicted molar refractivity (Wildman–Crippen MR) is 118 cm³/mol. The standard InChI is InChI=1S/C21H21F3N4OS2/c1-4-10-28-19(15-11-30-13(3)14(15)5-2)26-27-20(28)31-12-18(29)25-17-9-7-6-8-16(17)21(22,23)24/h4,6-9,11H,1,5,10,12H2,2-3H3,(H,25,29). The fourth-order valence-electron chi connectivity index (χ4n) is 3.15. The zero-order valence-electron chi connectivity index (χ0n) is 17.0. The van der Waals surface area contributed by atoms with Gasteiger partial charge >= 0.3 is 6.18 Å². The largest absolute Gasteiger partial charge is 0.418 e. The Balaban J connectivity index is 1.78. The van der Waals surface area contributed by atoms with Crippen LogP contribution in [0.3, 0.4) is 0 Å². The van der Waals surface area contributed by atoms with E-state index in [1.807, 2.05) is 9.95 Å². The zero-order valence-corrected chi connectivity index (χ0v) is 18.6. The molecule has 0 atom stereocenters. The number of carbonyl (C=O) groups is 1. The second kappa shape index (κ2) is 9.69. The van der Waals surface area contributed by atoms with Crippen molar-refractivity contribution in [3.8, 4) is 11.4 Å². The molecule has 2 aromatic heterocycles. The van der Waals surface area contributed by atoms with E-state index in [1.165, 1.54) is 28.6 Å². The van der Waals surface area contributed by atoms with E-state index >= 15 is 0 Å². The Morgan fingerprint density at radius 3 is 2.74 bits per heavy atom. The van der Waals surface area contributed by atoms with E-state index in [0.29, 0.717) is 17.5 Å². The topological polar surface area (TPSA) is 59.8 Å². The molecular weight excluding hydrogens is 445 g/mol. The van der Waals surface area contributed by atoms with Crippen molar-refractivity contribution in [3.05, 3.63) is 58.3 Å². The molecule has 2 heterocycles. The maximum Gasteiger partial charge on any atom is 0.418 e. The summed E-state index contributed by atoms with van der Waals surface area (Å²) >= 11 is 2.75. The summed E-state index contributed by atoms with van der Waals surface area (Å²) in [5.41, 5.74) is 1.04. The predicted octanol–water partition coefficient (Wildman–Crippen LogP) is 5.81. The van der Waals surface area contributed by atoms with Crippen molar-refractivity contribution < 1.29 is 18.0 Å². The number of hydrogen-bond acceptors (Lipinski definition) is 5. The number of anilines is 1. The van der Waals surface area contributed by atoms with E-state index in [1.54, 1.807) is 17.4 Å². The minimum atomic E-state index is -4.55. The molecule has 10 heteroatoms. The number of halogens is 3. The van der Waals surface area contributed by atoms with Crippen LogP contribution in [0.4, 0.5) is 18.9 Å². The number of amides is 1. The summed E-state index contributed by atoms with van der Waals surface area (Å²) in [5.74, 6) is 0.0218. The molecule has 31 heavy (non-hydrogen) atoms. The van der Waals surface area contributed by atoms with E-state index in [4.69, 9.17) is 0 Å². The molecule has 0 bridgehead atoms. The number of nitrogens with zero attached hydrogens (tertiary/aromatic N) is 3. The van der Waals surface area contributed by atoms with Gasteiger partial charge in [-0.25, -0.2) is 0 Å². The van der Waals surface area contributed by atoms with Crippen molar-refractivity contribution in [2.45, 2.75) is 38.1 Å². The molecular formula is C21H21F3N4OS2. The molecule has 0 unspecified atom stereocenters. The first-order chi connectivity index (χ1) is 14.8. The number of allylic oxidation sites excluding steroid dienone is 1. The summed E-state index contributed by atoms with van der Waals surface area (Å²) in [7, 11) is 0. The van der Waals surface area contributed by atoms with Gasteiger partial charge in [0.1, 0.15) is 0 Å². The highest BCUT2D eigenvalue weighted by molar-refractivity contribution is 7.99. The average Bonchev–Trinajstić information content (AvgIpc) is 3.29. The first-order valence-corrected chi connectivity index (χ1v) is 11.3. The molecule has 3 rings (SSSR count). The Hall–Kier alpha value is -2.59. The maximum atomic E-state index is 13.1. The van der Waals surface area contributed by atoms with Crippen LogP contribution < -0.4 is 5.32 Å². The van der Waals surface area contributed by atoms with Crippen LogP contribution in [0.15, 0.2) is 47.5 Å². The first-order valence-electron chi connectivity index (χ1n) is 9.46. The van der Waals surface area contributed by atoms with E-state index in [0.717, 1.165) is 29.8 Å². The quantitative estimate of drug-likeness (QED) is 0.336. The van der Waals surface area contributed by atoms with Gasteiger partial charge < -0.3 is 5.32 Å². The Labute approximate surface area is 186 Å². The first kappa shape index (κ1) is 23.1. The number of alkyl halides is 3. The molecule has 0 aliphatic heterocycles. The molecule has 0 saturated heterocycles. The average molecular weight is 467 g/mol. The van der Waals surface area contributed by atoms with Gasteiger partial charge in [0.05, 0.1) is 17.0 Å². The van der Waals surface area contributed by atoms with Crippen molar-refractivity contribution in [1.82, 2.24) is 14.8 Å². The second-order valence-corrected chi connectivity index (χ2v) is 8.65. The summed E-state index contributed by atoms with van der Waals surface area (Å²) in [6.45, 7) is 8.35. The fraction of sp³-hybridized carbons (Fsp3) is 0.286. The van der Waals surface area contributed by atoms with Gasteiger partial charge in [-0.15, -0.1) is 28.1 Å². The highest BCUT2D eigenvalue weighted by Crippen LogP contribution is 2.35. The number of para-hydroxylation sites is 1. The van der Waals surface area contributed by atoms with Gasteiger partial charge in [0.25, 0.3) is 0 Å². The molecule has 164 valence electrons. The highest BCUT2D eigenvalue weighted by atomic mass is 32.2. The fourth-order valence-corrected chi connectivity index (χ4v) is 4.84. The van der Waals surface area contributed by atoms with Crippen molar-refractivity contribution in [2.24, 2.45) is 0 Å². The van der Waals surface area contributed by atoms with E-state index in [9.17, 15) is 18.0 Å². The summed E-state index contributed by atoms with van der Waals surface area (Å²) in [6, 6.07) is 4.89. The molecule has 0 radical (unpaired) electrons. The molecule has 0 fully saturated rings. The SMILES string of the molecule is C=CCn1c(SCC(=O)Nc2ccccc2C(F)(F)F)nnc1-c1csc(C)c1CC. The smallest absolute Gasteiger partial charge is 0.325 e. The molecule has 0 aliphatic rings. The van der Waals surface area contributed by atoms with Gasteiger partial charge in [0, 0.05) is 22.4 Å². The molecule has 5 nitrogen and oxygen atoms in total. The lowest BCUT2D eigenvalue weighted by molar-refractivity contribution is -0.137. The Kier molecular flexibility index (Phi) is 7.22. The molecule has 1 aromatic carbocycles. The van der Waals surface area contributed by atoms with Crippen LogP contribution >= 0.6 is 23.1 Å². The number of aryl methyl sites for hydroxylation is 1. The van der Waals surface area contributed by atoms with Crippen LogP contribution in [0.1, 0.15) is 22.9 Å². The minimum Gasteiger partial charge on any atom is -0.325 e. The normalized spacial score (nSPS) is 11.5. The number of benzene rings is 1. The molecule has 1 N–H and O–H groups in total. The van der Waals surface area contributed by atoms with E-state index in [2.05, 4.69) is 35.9 Å². The van der Waals surface area contributed by atoms with Gasteiger partial charge in [0.2, 0.25) is 5.91 Å². The number of carbonyl (C=O) groups excluding carboxylic acids is 1. The Bertz CT molecular complexity index is 1090. The van der Waals surface area contributed by atoms with Crippen molar-refractivity contribution in [2.75, 3.05) is 11.1 Å². The number of aromatic nitrogens is 3. The monoisotopic (exact) mass is 466 g/mol. The number of hydrogen-bond donors (Lipinski definition) is 1. The number of rotatable bonds is 8. The lowest BCUT2D eigenvalue weighted by Crippen LogP contribution is -2.18. The minimum absolute atomic E-state index is 0.106. The Morgan fingerprint density at radius 1 is 1.32 bits per heavy atom. The molecule has 0 saturated carbocycles. The second-order valence-electron chi connectivity index (χ2n) is 6.62. The van der Waals surface area contributed by atoms with Crippen LogP contribution in [0.25, 0.3) is 11.4 Å². The van der Waals surface area contributed by atoms with Gasteiger partial charge in [-0.1, -0.05) is 36.9 Å². The van der Waals surface area contributed by atoms with Crippen LogP contribution in [-0.4, -0.2) is 26.4 Å². The lowest BCUT2D eigenvalue weighted by atomic mass is 10.1. The number of nitrogens with one attached hydrogen (secondary N) is 1. The van der Waals surface area contributed by atoms with Crippen molar-refractivity contribution in [1.29, 1.82) is 0 Å². The van der Waals surface area contributed by atoms with Crippen LogP contribution in [0, 0.1) is 6.92 Å². The van der Waals surface area contributed by atoms with Gasteiger partial charge in [-0.2, -0.15) is 13.2 Å². The third-order valence-corrected chi connectivity index (χ3v) is 6.49. The molecule has 0 spiro atoms. The molecule has 0 aliphatic carbocycles. The third-order valence-electron chi connectivity index (χ3n) is 4.57. The summed E-state index contributed by atoms with van der Waals surface area (Å²) in [6.07, 6.45) is -1.98. The van der Waals surface area contributed by atoms with Crippen molar-refractivity contribution >= 4 is 34.7 Å². The number of thioether (sulfide) groups is 1. The maximum absolute atomic E-state index is 13.1. The van der Waals surface area contributed by atoms with Crippen molar-refractivity contribution in [3.63, 3.8) is 0 Å². The van der Waals surface area contributed by atoms with Crippen LogP contribution in [0.5, 0.6) is 0 Å². The summed E-state index contributed by atoms with van der Waals surface area (Å²) < 4.78 is 41.2. The van der Waals surface area contributed by atoms with E-state index in [-0.39, 0.29) is 11.4 Å². The van der Waals surface area contributed by atoms with Gasteiger partial charge in [0.15, 0.2) is 11.0 Å².